The van der Waals surface area contributed by atoms with Gasteiger partial charge in [0.05, 0.1) is 22.1 Å². The van der Waals surface area contributed by atoms with Gasteiger partial charge in [-0.2, -0.15) is 0 Å². The number of carbonyl (C=O) groups excluding carboxylic acids is 1. The number of ether oxygens (including phenoxy) is 1. The molecule has 0 atom stereocenters. The van der Waals surface area contributed by atoms with Crippen molar-refractivity contribution >= 4 is 63.4 Å². The molecule has 3 aromatic rings. The zero-order chi connectivity index (χ0) is 16.6. The molecule has 0 saturated heterocycles. The van der Waals surface area contributed by atoms with E-state index in [2.05, 4.69) is 4.98 Å². The lowest BCUT2D eigenvalue weighted by atomic mass is 10.2. The Morgan fingerprint density at radius 3 is 2.43 bits per heavy atom. The smallest absolute Gasteiger partial charge is 0.355 e. The van der Waals surface area contributed by atoms with Gasteiger partial charge in [0.1, 0.15) is 5.69 Å². The van der Waals surface area contributed by atoms with Gasteiger partial charge in [-0.1, -0.05) is 52.6 Å². The van der Waals surface area contributed by atoms with E-state index in [0.717, 1.165) is 10.9 Å². The number of carbonyl (C=O) groups is 1. The number of rotatable bonds is 3. The molecule has 23 heavy (non-hydrogen) atoms. The van der Waals surface area contributed by atoms with Crippen molar-refractivity contribution in [1.29, 1.82) is 0 Å². The number of esters is 1. The number of aromatic amines is 1. The predicted molar refractivity (Wildman–Crippen MR) is 95.2 cm³/mol. The molecule has 7 heteroatoms. The lowest BCUT2D eigenvalue weighted by Gasteiger charge is -2.07. The van der Waals surface area contributed by atoms with Crippen molar-refractivity contribution in [1.82, 2.24) is 4.98 Å². The highest BCUT2D eigenvalue weighted by Gasteiger charge is 2.21. The number of aromatic nitrogens is 1. The molecule has 3 rings (SSSR count). The molecule has 1 aromatic heterocycles. The first-order valence-corrected chi connectivity index (χ1v) is 8.47. The third-order valence-electron chi connectivity index (χ3n) is 3.23. The molecular weight excluding hydrogens is 377 g/mol. The van der Waals surface area contributed by atoms with Crippen molar-refractivity contribution in [2.24, 2.45) is 0 Å². The number of nitrogens with one attached hydrogen (secondary N) is 1. The molecule has 0 radical (unpaired) electrons. The maximum absolute atomic E-state index is 12.1. The number of benzene rings is 2. The summed E-state index contributed by atoms with van der Waals surface area (Å²) in [4.78, 5) is 16.5. The number of hydrogen-bond donors (Lipinski definition) is 1. The fourth-order valence-corrected chi connectivity index (χ4v) is 4.02. The fraction of sp³-hybridized carbons (Fsp3) is 0.0625. The van der Waals surface area contributed by atoms with Crippen LogP contribution in [0.3, 0.4) is 0 Å². The zero-order valence-electron chi connectivity index (χ0n) is 11.8. The minimum Gasteiger partial charge on any atom is -0.464 e. The number of hydrogen-bond acceptors (Lipinski definition) is 3. The Kier molecular flexibility index (Phi) is 4.78. The van der Waals surface area contributed by atoms with Gasteiger partial charge < -0.3 is 9.72 Å². The SMILES string of the molecule is COC(=O)c1[nH]c2ccc(Cl)cc2c1Sc1c(Cl)cccc1Cl. The third kappa shape index (κ3) is 3.17. The van der Waals surface area contributed by atoms with Crippen molar-refractivity contribution in [2.45, 2.75) is 9.79 Å². The van der Waals surface area contributed by atoms with Crippen LogP contribution < -0.4 is 0 Å². The Labute approximate surface area is 151 Å². The summed E-state index contributed by atoms with van der Waals surface area (Å²) in [5.41, 5.74) is 1.12. The lowest BCUT2D eigenvalue weighted by molar-refractivity contribution is 0.0591. The monoisotopic (exact) mass is 385 g/mol. The quantitative estimate of drug-likeness (QED) is 0.556. The van der Waals surface area contributed by atoms with Crippen LogP contribution >= 0.6 is 46.6 Å². The molecular formula is C16H10Cl3NO2S. The molecule has 0 saturated carbocycles. The van der Waals surface area contributed by atoms with Crippen LogP contribution in [0.5, 0.6) is 0 Å². The highest BCUT2D eigenvalue weighted by molar-refractivity contribution is 8.00. The molecule has 0 aliphatic carbocycles. The molecule has 1 heterocycles. The first kappa shape index (κ1) is 16.5. The maximum atomic E-state index is 12.1. The van der Waals surface area contributed by atoms with E-state index in [0.29, 0.717) is 30.6 Å². The van der Waals surface area contributed by atoms with E-state index in [4.69, 9.17) is 39.5 Å². The molecule has 0 amide bonds. The molecule has 0 spiro atoms. The topological polar surface area (TPSA) is 42.1 Å². The summed E-state index contributed by atoms with van der Waals surface area (Å²) < 4.78 is 4.85. The van der Waals surface area contributed by atoms with Crippen molar-refractivity contribution in [3.8, 4) is 0 Å². The molecule has 1 N–H and O–H groups in total. The average Bonchev–Trinajstić information content (AvgIpc) is 2.88. The van der Waals surface area contributed by atoms with E-state index in [1.54, 1.807) is 30.3 Å². The summed E-state index contributed by atoms with van der Waals surface area (Å²) in [7, 11) is 1.33. The lowest BCUT2D eigenvalue weighted by Crippen LogP contribution is -2.02. The van der Waals surface area contributed by atoms with E-state index in [1.165, 1.54) is 18.9 Å². The Balaban J connectivity index is 2.22. The van der Waals surface area contributed by atoms with Crippen LogP contribution in [0.25, 0.3) is 10.9 Å². The predicted octanol–water partition coefficient (Wildman–Crippen LogP) is 6.07. The summed E-state index contributed by atoms with van der Waals surface area (Å²) in [5, 5.41) is 2.39. The summed E-state index contributed by atoms with van der Waals surface area (Å²) in [6, 6.07) is 10.6. The number of halogens is 3. The molecule has 0 fully saturated rings. The largest absolute Gasteiger partial charge is 0.464 e. The summed E-state index contributed by atoms with van der Waals surface area (Å²) in [5.74, 6) is -0.469. The van der Waals surface area contributed by atoms with Crippen LogP contribution in [0.15, 0.2) is 46.2 Å². The second kappa shape index (κ2) is 6.65. The van der Waals surface area contributed by atoms with E-state index >= 15 is 0 Å². The van der Waals surface area contributed by atoms with Gasteiger partial charge in [-0.25, -0.2) is 4.79 Å². The van der Waals surface area contributed by atoms with Crippen LogP contribution in [0, 0.1) is 0 Å². The fourth-order valence-electron chi connectivity index (χ4n) is 2.17. The standard InChI is InChI=1S/C16H10Cl3NO2S/c1-22-16(21)13-14(9-7-8(17)5-6-12(9)20-13)23-15-10(18)3-2-4-11(15)19/h2-7,20H,1H3. The first-order valence-electron chi connectivity index (χ1n) is 6.52. The van der Waals surface area contributed by atoms with Gasteiger partial charge in [0.2, 0.25) is 0 Å². The number of methoxy groups -OCH3 is 1. The van der Waals surface area contributed by atoms with E-state index in [1.807, 2.05) is 6.07 Å². The van der Waals surface area contributed by atoms with Gasteiger partial charge >= 0.3 is 5.97 Å². The number of H-pyrrole nitrogens is 1. The Morgan fingerprint density at radius 1 is 1.09 bits per heavy atom. The van der Waals surface area contributed by atoms with Gasteiger partial charge in [-0.05, 0) is 30.3 Å². The van der Waals surface area contributed by atoms with Gasteiger partial charge in [0.15, 0.2) is 0 Å². The van der Waals surface area contributed by atoms with Gasteiger partial charge in [-0.3, -0.25) is 0 Å². The van der Waals surface area contributed by atoms with Crippen molar-refractivity contribution in [3.63, 3.8) is 0 Å². The molecule has 0 unspecified atom stereocenters. The van der Waals surface area contributed by atoms with Gasteiger partial charge in [0, 0.05) is 20.8 Å². The molecule has 0 bridgehead atoms. The van der Waals surface area contributed by atoms with E-state index < -0.39 is 5.97 Å². The Hall–Kier alpha value is -1.33. The summed E-state index contributed by atoms with van der Waals surface area (Å²) >= 11 is 19.9. The second-order valence-corrected chi connectivity index (χ2v) is 6.93. The molecule has 2 aromatic carbocycles. The van der Waals surface area contributed by atoms with Crippen LogP contribution in [0.4, 0.5) is 0 Å². The Bertz CT molecular complexity index is 887. The molecule has 0 aliphatic heterocycles. The Morgan fingerprint density at radius 2 is 1.78 bits per heavy atom. The number of fused-ring (bicyclic) bond motifs is 1. The molecule has 0 aliphatic rings. The minimum atomic E-state index is -0.469. The highest BCUT2D eigenvalue weighted by atomic mass is 35.5. The van der Waals surface area contributed by atoms with Gasteiger partial charge in [-0.15, -0.1) is 0 Å². The van der Waals surface area contributed by atoms with E-state index in [-0.39, 0.29) is 0 Å². The average molecular weight is 387 g/mol. The zero-order valence-corrected chi connectivity index (χ0v) is 14.9. The third-order valence-corrected chi connectivity index (χ3v) is 5.59. The highest BCUT2D eigenvalue weighted by Crippen LogP contribution is 2.43. The minimum absolute atomic E-state index is 0.339. The molecule has 118 valence electrons. The first-order chi connectivity index (χ1) is 11.0. The van der Waals surface area contributed by atoms with Crippen LogP contribution in [-0.4, -0.2) is 18.1 Å². The van der Waals surface area contributed by atoms with Crippen molar-refractivity contribution < 1.29 is 9.53 Å². The maximum Gasteiger partial charge on any atom is 0.355 e. The summed E-state index contributed by atoms with van der Waals surface area (Å²) in [6.45, 7) is 0. The van der Waals surface area contributed by atoms with Crippen molar-refractivity contribution in [3.05, 3.63) is 57.2 Å². The van der Waals surface area contributed by atoms with Crippen molar-refractivity contribution in [2.75, 3.05) is 7.11 Å². The van der Waals surface area contributed by atoms with Gasteiger partial charge in [0.25, 0.3) is 0 Å². The normalized spacial score (nSPS) is 11.0. The second-order valence-electron chi connectivity index (χ2n) is 4.66. The summed E-state index contributed by atoms with van der Waals surface area (Å²) in [6.07, 6.45) is 0. The van der Waals surface area contributed by atoms with Crippen LogP contribution in [0.2, 0.25) is 15.1 Å². The van der Waals surface area contributed by atoms with Crippen LogP contribution in [-0.2, 0) is 4.74 Å². The van der Waals surface area contributed by atoms with Crippen LogP contribution in [0.1, 0.15) is 10.5 Å². The van der Waals surface area contributed by atoms with E-state index in [9.17, 15) is 4.79 Å². The molecule has 3 nitrogen and oxygen atoms in total.